The summed E-state index contributed by atoms with van der Waals surface area (Å²) in [6.45, 7) is 3.80. The van der Waals surface area contributed by atoms with Gasteiger partial charge in [-0.05, 0) is 37.6 Å². The fourth-order valence-electron chi connectivity index (χ4n) is 2.48. The zero-order valence-electron chi connectivity index (χ0n) is 14.5. The fraction of sp³-hybridized carbons (Fsp3) is 0.316. The average molecular weight is 348 g/mol. The highest BCUT2D eigenvalue weighted by molar-refractivity contribution is 5.81. The van der Waals surface area contributed by atoms with E-state index in [1.54, 1.807) is 21.0 Å². The summed E-state index contributed by atoms with van der Waals surface area (Å²) in [7, 11) is 1.59. The lowest BCUT2D eigenvalue weighted by Gasteiger charge is -2.20. The molecule has 0 bridgehead atoms. The van der Waals surface area contributed by atoms with Crippen LogP contribution in [0.2, 0.25) is 0 Å². The van der Waals surface area contributed by atoms with E-state index in [0.717, 1.165) is 17.4 Å². The molecule has 1 amide bonds. The molecule has 0 heterocycles. The number of methoxy groups -OCH3 is 1. The predicted molar refractivity (Wildman–Crippen MR) is 92.2 cm³/mol. The van der Waals surface area contributed by atoms with Crippen molar-refractivity contribution in [2.75, 3.05) is 7.11 Å². The summed E-state index contributed by atoms with van der Waals surface area (Å²) in [5, 5.41) is 5.84. The monoisotopic (exact) mass is 348 g/mol. The van der Waals surface area contributed by atoms with Gasteiger partial charge in [0.25, 0.3) is 0 Å². The Kier molecular flexibility index (Phi) is 6.47. The minimum atomic E-state index is -0.633. The van der Waals surface area contributed by atoms with Crippen molar-refractivity contribution in [1.29, 1.82) is 0 Å². The maximum atomic E-state index is 13.8. The summed E-state index contributed by atoms with van der Waals surface area (Å²) in [6, 6.07) is 9.84. The van der Waals surface area contributed by atoms with Crippen LogP contribution in [-0.4, -0.2) is 19.1 Å². The summed E-state index contributed by atoms with van der Waals surface area (Å²) >= 11 is 0. The first-order valence-electron chi connectivity index (χ1n) is 8.02. The van der Waals surface area contributed by atoms with Crippen LogP contribution in [0.4, 0.5) is 8.78 Å². The molecule has 2 atom stereocenters. The van der Waals surface area contributed by atoms with Crippen LogP contribution >= 0.6 is 0 Å². The lowest BCUT2D eigenvalue weighted by atomic mass is 10.1. The Morgan fingerprint density at radius 2 is 1.80 bits per heavy atom. The second-order valence-corrected chi connectivity index (χ2v) is 5.84. The maximum absolute atomic E-state index is 13.8. The van der Waals surface area contributed by atoms with Crippen LogP contribution in [0.3, 0.4) is 0 Å². The van der Waals surface area contributed by atoms with E-state index >= 15 is 0 Å². The van der Waals surface area contributed by atoms with Gasteiger partial charge in [-0.15, -0.1) is 0 Å². The summed E-state index contributed by atoms with van der Waals surface area (Å²) < 4.78 is 31.9. The summed E-state index contributed by atoms with van der Waals surface area (Å²) in [5.74, 6) is -0.713. The molecule has 2 N–H and O–H groups in total. The number of carbonyl (C=O) groups excluding carboxylic acids is 1. The molecule has 0 saturated carbocycles. The highest BCUT2D eigenvalue weighted by Gasteiger charge is 2.18. The number of rotatable bonds is 7. The Bertz CT molecular complexity index is 720. The van der Waals surface area contributed by atoms with E-state index in [0.29, 0.717) is 12.1 Å². The van der Waals surface area contributed by atoms with Crippen molar-refractivity contribution < 1.29 is 18.3 Å². The van der Waals surface area contributed by atoms with Gasteiger partial charge in [0, 0.05) is 24.2 Å². The van der Waals surface area contributed by atoms with E-state index in [9.17, 15) is 13.6 Å². The molecular formula is C19H22F2N2O2. The van der Waals surface area contributed by atoms with Gasteiger partial charge in [-0.25, -0.2) is 8.78 Å². The molecule has 0 unspecified atom stereocenters. The van der Waals surface area contributed by atoms with Gasteiger partial charge < -0.3 is 10.1 Å². The third-order valence-corrected chi connectivity index (χ3v) is 3.95. The number of ether oxygens (including phenoxy) is 1. The van der Waals surface area contributed by atoms with Crippen molar-refractivity contribution in [3.8, 4) is 5.75 Å². The second-order valence-electron chi connectivity index (χ2n) is 5.84. The predicted octanol–water partition coefficient (Wildman–Crippen LogP) is 3.33. The molecule has 0 saturated heterocycles. The van der Waals surface area contributed by atoms with Crippen LogP contribution < -0.4 is 15.4 Å². The molecule has 4 nitrogen and oxygen atoms in total. The highest BCUT2D eigenvalue weighted by Crippen LogP contribution is 2.18. The minimum absolute atomic E-state index is 0.204. The standard InChI is InChI=1S/C19H22F2N2O2/c1-12(17-9-6-15(20)10-18(17)21)23-13(2)19(24)22-11-14-4-7-16(25-3)8-5-14/h4-10,12-13,23H,11H2,1-3H3,(H,22,24)/t12-,13-/m1/s1. The van der Waals surface area contributed by atoms with Gasteiger partial charge in [-0.2, -0.15) is 0 Å². The minimum Gasteiger partial charge on any atom is -0.497 e. The van der Waals surface area contributed by atoms with Gasteiger partial charge in [-0.1, -0.05) is 18.2 Å². The first-order chi connectivity index (χ1) is 11.9. The van der Waals surface area contributed by atoms with Crippen LogP contribution in [0.15, 0.2) is 42.5 Å². The summed E-state index contributed by atoms with van der Waals surface area (Å²) in [5.41, 5.74) is 1.26. The van der Waals surface area contributed by atoms with Crippen molar-refractivity contribution in [2.24, 2.45) is 0 Å². The summed E-state index contributed by atoms with van der Waals surface area (Å²) in [4.78, 5) is 12.2. The quantitative estimate of drug-likeness (QED) is 0.807. The number of hydrogen-bond donors (Lipinski definition) is 2. The van der Waals surface area contributed by atoms with E-state index in [-0.39, 0.29) is 5.91 Å². The second kappa shape index (κ2) is 8.58. The summed E-state index contributed by atoms with van der Waals surface area (Å²) in [6.07, 6.45) is 0. The average Bonchev–Trinajstić information content (AvgIpc) is 2.59. The third kappa shape index (κ3) is 5.26. The first-order valence-corrected chi connectivity index (χ1v) is 8.02. The van der Waals surface area contributed by atoms with E-state index in [1.165, 1.54) is 12.1 Å². The highest BCUT2D eigenvalue weighted by atomic mass is 19.1. The molecule has 2 rings (SSSR count). The molecule has 2 aromatic rings. The van der Waals surface area contributed by atoms with E-state index in [1.807, 2.05) is 24.3 Å². The molecule has 134 valence electrons. The van der Waals surface area contributed by atoms with Crippen LogP contribution in [0.1, 0.15) is 31.0 Å². The van der Waals surface area contributed by atoms with Crippen molar-refractivity contribution in [3.63, 3.8) is 0 Å². The van der Waals surface area contributed by atoms with Gasteiger partial charge >= 0.3 is 0 Å². The topological polar surface area (TPSA) is 50.4 Å². The van der Waals surface area contributed by atoms with Crippen molar-refractivity contribution in [1.82, 2.24) is 10.6 Å². The molecule has 0 aliphatic heterocycles. The van der Waals surface area contributed by atoms with E-state index in [2.05, 4.69) is 10.6 Å². The smallest absolute Gasteiger partial charge is 0.237 e. The van der Waals surface area contributed by atoms with Crippen LogP contribution in [0.5, 0.6) is 5.75 Å². The van der Waals surface area contributed by atoms with Crippen LogP contribution in [-0.2, 0) is 11.3 Å². The molecule has 0 aliphatic rings. The zero-order valence-corrected chi connectivity index (χ0v) is 14.5. The number of amides is 1. The molecule has 2 aromatic carbocycles. The molecule has 6 heteroatoms. The van der Waals surface area contributed by atoms with Crippen molar-refractivity contribution >= 4 is 5.91 Å². The van der Waals surface area contributed by atoms with Gasteiger partial charge in [0.15, 0.2) is 0 Å². The number of nitrogens with one attached hydrogen (secondary N) is 2. The molecule has 0 aromatic heterocycles. The molecule has 25 heavy (non-hydrogen) atoms. The fourth-order valence-corrected chi connectivity index (χ4v) is 2.48. The van der Waals surface area contributed by atoms with Gasteiger partial charge in [0.05, 0.1) is 13.2 Å². The largest absolute Gasteiger partial charge is 0.497 e. The van der Waals surface area contributed by atoms with Crippen LogP contribution in [0, 0.1) is 11.6 Å². The molecule has 0 radical (unpaired) electrons. The first kappa shape index (κ1) is 18.9. The normalized spacial score (nSPS) is 13.2. The molecule has 0 aliphatic carbocycles. The molecule has 0 fully saturated rings. The van der Waals surface area contributed by atoms with E-state index < -0.39 is 23.7 Å². The Balaban J connectivity index is 1.88. The van der Waals surface area contributed by atoms with Crippen molar-refractivity contribution in [2.45, 2.75) is 32.5 Å². The Morgan fingerprint density at radius 3 is 2.40 bits per heavy atom. The molecule has 0 spiro atoms. The lowest BCUT2D eigenvalue weighted by molar-refractivity contribution is -0.123. The Hall–Kier alpha value is -2.47. The van der Waals surface area contributed by atoms with Crippen molar-refractivity contribution in [3.05, 3.63) is 65.2 Å². The van der Waals surface area contributed by atoms with Gasteiger partial charge in [0.2, 0.25) is 5.91 Å². The zero-order chi connectivity index (χ0) is 18.4. The SMILES string of the molecule is COc1ccc(CNC(=O)[C@@H](C)N[C@H](C)c2ccc(F)cc2F)cc1. The van der Waals surface area contributed by atoms with Gasteiger partial charge in [0.1, 0.15) is 17.4 Å². The third-order valence-electron chi connectivity index (χ3n) is 3.95. The van der Waals surface area contributed by atoms with Gasteiger partial charge in [-0.3, -0.25) is 10.1 Å². The number of halogens is 2. The molecular weight excluding hydrogens is 326 g/mol. The number of benzene rings is 2. The lowest BCUT2D eigenvalue weighted by Crippen LogP contribution is -2.43. The Morgan fingerprint density at radius 1 is 1.12 bits per heavy atom. The van der Waals surface area contributed by atoms with E-state index in [4.69, 9.17) is 4.74 Å². The number of carbonyl (C=O) groups is 1. The Labute approximate surface area is 146 Å². The van der Waals surface area contributed by atoms with Crippen LogP contribution in [0.25, 0.3) is 0 Å². The number of hydrogen-bond acceptors (Lipinski definition) is 3. The maximum Gasteiger partial charge on any atom is 0.237 e.